The van der Waals surface area contributed by atoms with Crippen molar-refractivity contribution in [3.63, 3.8) is 0 Å². The number of aliphatic hydroxyl groups excluding tert-OH is 1. The van der Waals surface area contributed by atoms with Crippen LogP contribution in [0.4, 0.5) is 11.5 Å². The first-order valence-corrected chi connectivity index (χ1v) is 11.2. The maximum Gasteiger partial charge on any atom is 0.246 e. The topological polar surface area (TPSA) is 123 Å². The van der Waals surface area contributed by atoms with Gasteiger partial charge in [-0.25, -0.2) is 9.98 Å². The summed E-state index contributed by atoms with van der Waals surface area (Å²) in [7, 11) is 0. The fraction of sp³-hybridized carbons (Fsp3) is 0.500. The van der Waals surface area contributed by atoms with Crippen molar-refractivity contribution in [3.8, 4) is 5.88 Å². The second kappa shape index (κ2) is 9.24. The third-order valence-corrected chi connectivity index (χ3v) is 6.48. The van der Waals surface area contributed by atoms with Crippen molar-refractivity contribution < 1.29 is 14.6 Å². The highest BCUT2D eigenvalue weighted by atomic mass is 16.5. The van der Waals surface area contributed by atoms with Gasteiger partial charge in [0.05, 0.1) is 5.71 Å². The number of nitrogens with two attached hydrogens (primary N) is 1. The van der Waals surface area contributed by atoms with Crippen molar-refractivity contribution in [3.05, 3.63) is 41.7 Å². The van der Waals surface area contributed by atoms with E-state index in [1.54, 1.807) is 0 Å². The smallest absolute Gasteiger partial charge is 0.246 e. The molecule has 0 radical (unpaired) electrons. The summed E-state index contributed by atoms with van der Waals surface area (Å²) in [5.74, 6) is 1.61. The van der Waals surface area contributed by atoms with Gasteiger partial charge in [-0.1, -0.05) is 24.3 Å². The molecule has 2 aliphatic rings. The van der Waals surface area contributed by atoms with Crippen LogP contribution < -0.4 is 15.8 Å². The van der Waals surface area contributed by atoms with Crippen molar-refractivity contribution >= 4 is 23.1 Å². The number of hydrogen-bond acceptors (Lipinski definition) is 7. The van der Waals surface area contributed by atoms with Crippen LogP contribution >= 0.6 is 0 Å². The van der Waals surface area contributed by atoms with E-state index in [0.29, 0.717) is 35.8 Å². The van der Waals surface area contributed by atoms with Gasteiger partial charge < -0.3 is 20.9 Å². The van der Waals surface area contributed by atoms with Crippen LogP contribution in [0.3, 0.4) is 0 Å². The number of aliphatic imine (C=N–C) groups is 1. The van der Waals surface area contributed by atoms with Crippen LogP contribution in [0.2, 0.25) is 0 Å². The van der Waals surface area contributed by atoms with Crippen LogP contribution in [-0.4, -0.2) is 45.4 Å². The zero-order valence-electron chi connectivity index (χ0n) is 18.7. The highest BCUT2D eigenvalue weighted by Crippen LogP contribution is 2.40. The number of carbonyl (C=O) groups excluding carboxylic acids is 1. The molecule has 4 rings (SSSR count). The minimum Gasteiger partial charge on any atom is -0.463 e. The van der Waals surface area contributed by atoms with E-state index < -0.39 is 12.2 Å². The Labute approximate surface area is 188 Å². The second-order valence-corrected chi connectivity index (χ2v) is 9.12. The minimum absolute atomic E-state index is 0.298. The molecule has 1 aromatic carbocycles. The number of ether oxygens (including phenoxy) is 1. The molecule has 170 valence electrons. The summed E-state index contributed by atoms with van der Waals surface area (Å²) in [6.07, 6.45) is 6.97. The van der Waals surface area contributed by atoms with Gasteiger partial charge in [0.1, 0.15) is 18.5 Å². The molecule has 1 amide bonds. The number of amides is 1. The summed E-state index contributed by atoms with van der Waals surface area (Å²) in [6, 6.07) is 8.61. The lowest BCUT2D eigenvalue weighted by atomic mass is 9.77. The molecule has 0 saturated heterocycles. The van der Waals surface area contributed by atoms with E-state index in [4.69, 9.17) is 20.6 Å². The Kier molecular flexibility index (Phi) is 6.41. The summed E-state index contributed by atoms with van der Waals surface area (Å²) in [5.41, 5.74) is 9.00. The molecule has 0 unspecified atom stereocenters. The molecule has 0 spiro atoms. The van der Waals surface area contributed by atoms with Crippen molar-refractivity contribution in [2.45, 2.75) is 57.5 Å². The second-order valence-electron chi connectivity index (χ2n) is 9.12. The quantitative estimate of drug-likeness (QED) is 0.638. The Morgan fingerprint density at radius 1 is 1.19 bits per heavy atom. The predicted octanol–water partition coefficient (Wildman–Crippen LogP) is 3.12. The zero-order chi connectivity index (χ0) is 22.7. The first kappa shape index (κ1) is 22.2. The van der Waals surface area contributed by atoms with Crippen molar-refractivity contribution in [1.82, 2.24) is 15.3 Å². The van der Waals surface area contributed by atoms with Gasteiger partial charge in [-0.2, -0.15) is 4.98 Å². The molecule has 1 fully saturated rings. The van der Waals surface area contributed by atoms with Crippen LogP contribution in [0.5, 0.6) is 5.88 Å². The maximum atomic E-state index is 11.2. The lowest BCUT2D eigenvalue weighted by Crippen LogP contribution is -2.41. The number of anilines is 1. The number of nitrogen functional groups attached to an aromatic ring is 1. The summed E-state index contributed by atoms with van der Waals surface area (Å²) >= 11 is 0. The average molecular weight is 438 g/mol. The number of aromatic nitrogens is 2. The van der Waals surface area contributed by atoms with Gasteiger partial charge in [-0.3, -0.25) is 4.79 Å². The third kappa shape index (κ3) is 4.75. The van der Waals surface area contributed by atoms with Gasteiger partial charge in [-0.15, -0.1) is 0 Å². The minimum atomic E-state index is -0.626. The van der Waals surface area contributed by atoms with Crippen molar-refractivity contribution in [1.29, 1.82) is 0 Å². The largest absolute Gasteiger partial charge is 0.463 e. The molecule has 1 saturated carbocycles. The van der Waals surface area contributed by atoms with Gasteiger partial charge in [-0.05, 0) is 63.4 Å². The van der Waals surface area contributed by atoms with Gasteiger partial charge in [0.15, 0.2) is 11.5 Å². The molecule has 1 aliphatic carbocycles. The Morgan fingerprint density at radius 3 is 2.59 bits per heavy atom. The lowest BCUT2D eigenvalue weighted by molar-refractivity contribution is -0.123. The molecule has 2 aromatic rings. The van der Waals surface area contributed by atoms with E-state index in [1.807, 2.05) is 13.8 Å². The van der Waals surface area contributed by atoms with Crippen molar-refractivity contribution in [2.24, 2.45) is 10.9 Å². The number of nitrogens with one attached hydrogen (secondary N) is 1. The van der Waals surface area contributed by atoms with E-state index in [0.717, 1.165) is 43.4 Å². The SMILES string of the molecule is CC1(C)Oc2ncnc(N)c2N=C1c1ccc([C@H]2CC[C@H](CCNC(=O)CO)CC2)cc1. The Hall–Kier alpha value is -3.00. The molecule has 1 aliphatic heterocycles. The van der Waals surface area contributed by atoms with Gasteiger partial charge in [0, 0.05) is 12.1 Å². The van der Waals surface area contributed by atoms with E-state index >= 15 is 0 Å². The molecule has 0 bridgehead atoms. The van der Waals surface area contributed by atoms with Crippen LogP contribution in [0.1, 0.15) is 63.0 Å². The number of benzene rings is 1. The van der Waals surface area contributed by atoms with Crippen molar-refractivity contribution in [2.75, 3.05) is 18.9 Å². The van der Waals surface area contributed by atoms with E-state index in [2.05, 4.69) is 39.6 Å². The Balaban J connectivity index is 1.41. The first-order valence-electron chi connectivity index (χ1n) is 11.2. The molecule has 32 heavy (non-hydrogen) atoms. The molecular weight excluding hydrogens is 406 g/mol. The molecule has 1 aromatic heterocycles. The summed E-state index contributed by atoms with van der Waals surface area (Å²) < 4.78 is 6.08. The third-order valence-electron chi connectivity index (χ3n) is 6.48. The summed E-state index contributed by atoms with van der Waals surface area (Å²) in [4.78, 5) is 24.1. The highest BCUT2D eigenvalue weighted by molar-refractivity contribution is 6.09. The van der Waals surface area contributed by atoms with Gasteiger partial charge in [0.2, 0.25) is 11.8 Å². The summed E-state index contributed by atoms with van der Waals surface area (Å²) in [6.45, 7) is 4.16. The average Bonchev–Trinajstić information content (AvgIpc) is 2.79. The molecule has 4 N–H and O–H groups in total. The highest BCUT2D eigenvalue weighted by Gasteiger charge is 2.35. The maximum absolute atomic E-state index is 11.2. The number of aliphatic hydroxyl groups is 1. The number of nitrogens with zero attached hydrogens (tertiary/aromatic N) is 3. The standard InChI is InChI=1S/C24H31N5O3/c1-24(2)21(29-20-22(25)27-14-28-23(20)32-24)18-9-7-17(8-10-18)16-5-3-15(4-6-16)11-12-26-19(31)13-30/h7-10,14-16,30H,3-6,11-13H2,1-2H3,(H,26,31)(H2,25,27,28)/t15-,16-. The predicted molar refractivity (Wildman–Crippen MR) is 123 cm³/mol. The molecule has 8 nitrogen and oxygen atoms in total. The van der Waals surface area contributed by atoms with Crippen LogP contribution in [0, 0.1) is 5.92 Å². The monoisotopic (exact) mass is 437 g/mol. The summed E-state index contributed by atoms with van der Waals surface area (Å²) in [5, 5.41) is 11.5. The van der Waals surface area contributed by atoms with Crippen LogP contribution in [0.15, 0.2) is 35.6 Å². The molecular formula is C24H31N5O3. The van der Waals surface area contributed by atoms with E-state index in [-0.39, 0.29) is 5.91 Å². The van der Waals surface area contributed by atoms with E-state index in [9.17, 15) is 4.79 Å². The fourth-order valence-electron chi connectivity index (χ4n) is 4.67. The Morgan fingerprint density at radius 2 is 1.91 bits per heavy atom. The van der Waals surface area contributed by atoms with Crippen LogP contribution in [-0.2, 0) is 4.79 Å². The normalized spacial score (nSPS) is 21.8. The number of carbonyl (C=O) groups is 1. The number of rotatable bonds is 6. The number of hydrogen-bond donors (Lipinski definition) is 3. The molecule has 8 heteroatoms. The van der Waals surface area contributed by atoms with E-state index in [1.165, 1.54) is 11.9 Å². The Bertz CT molecular complexity index is 995. The number of fused-ring (bicyclic) bond motifs is 1. The first-order chi connectivity index (χ1) is 15.4. The van der Waals surface area contributed by atoms with Gasteiger partial charge in [0.25, 0.3) is 0 Å². The van der Waals surface area contributed by atoms with Gasteiger partial charge >= 0.3 is 0 Å². The molecule has 0 atom stereocenters. The van der Waals surface area contributed by atoms with Crippen LogP contribution in [0.25, 0.3) is 0 Å². The fourth-order valence-corrected chi connectivity index (χ4v) is 4.67. The molecule has 2 heterocycles. The lowest BCUT2D eigenvalue weighted by Gasteiger charge is -2.32. The zero-order valence-corrected chi connectivity index (χ0v) is 18.7.